The van der Waals surface area contributed by atoms with Gasteiger partial charge in [-0.3, -0.25) is 0 Å². The molecule has 2 heteroatoms. The summed E-state index contributed by atoms with van der Waals surface area (Å²) in [7, 11) is 0. The molecule has 4 unspecified atom stereocenters. The zero-order valence-corrected chi connectivity index (χ0v) is 34.5. The van der Waals surface area contributed by atoms with Crippen LogP contribution in [0.1, 0.15) is 108 Å². The molecule has 2 aliphatic carbocycles. The van der Waals surface area contributed by atoms with Gasteiger partial charge in [0.1, 0.15) is 0 Å². The lowest BCUT2D eigenvalue weighted by Gasteiger charge is -2.45. The van der Waals surface area contributed by atoms with E-state index < -0.39 is 0 Å². The van der Waals surface area contributed by atoms with E-state index in [0.717, 1.165) is 49.7 Å². The lowest BCUT2D eigenvalue weighted by atomic mass is 9.59. The van der Waals surface area contributed by atoms with E-state index in [9.17, 15) is 10.2 Å². The highest BCUT2D eigenvalue weighted by molar-refractivity contribution is 5.33. The van der Waals surface area contributed by atoms with Crippen LogP contribution < -0.4 is 0 Å². The van der Waals surface area contributed by atoms with E-state index in [1.54, 1.807) is 0 Å². The van der Waals surface area contributed by atoms with Gasteiger partial charge in [-0.25, -0.2) is 0 Å². The molecule has 0 aliphatic heterocycles. The summed E-state index contributed by atoms with van der Waals surface area (Å²) in [6.45, 7) is 31.2. The maximum atomic E-state index is 9.41. The largest absolute Gasteiger partial charge is 0.392 e. The second kappa shape index (κ2) is 21.9. The third kappa shape index (κ3) is 14.5. The van der Waals surface area contributed by atoms with Crippen LogP contribution in [0.25, 0.3) is 0 Å². The Morgan fingerprint density at radius 1 is 0.558 bits per heavy atom. The summed E-state index contributed by atoms with van der Waals surface area (Å²) < 4.78 is 0. The fourth-order valence-corrected chi connectivity index (χ4v) is 7.60. The average Bonchev–Trinajstić information content (AvgIpc) is 3.08. The van der Waals surface area contributed by atoms with Gasteiger partial charge in [0.2, 0.25) is 0 Å². The molecule has 2 fully saturated rings. The Balaban J connectivity index is 1.94. The Kier molecular flexibility index (Phi) is 18.8. The van der Waals surface area contributed by atoms with Crippen LogP contribution in [0.4, 0.5) is 0 Å². The van der Waals surface area contributed by atoms with Gasteiger partial charge in [0.05, 0.1) is 13.2 Å². The summed E-state index contributed by atoms with van der Waals surface area (Å²) in [5.41, 5.74) is 9.85. The number of aliphatic hydroxyl groups excluding tert-OH is 2. The van der Waals surface area contributed by atoms with Crippen LogP contribution in [0.2, 0.25) is 0 Å². The van der Waals surface area contributed by atoms with E-state index in [4.69, 9.17) is 0 Å². The van der Waals surface area contributed by atoms with Crippen molar-refractivity contribution in [2.45, 2.75) is 108 Å². The summed E-state index contributed by atoms with van der Waals surface area (Å²) >= 11 is 0. The van der Waals surface area contributed by atoms with Gasteiger partial charge in [0.15, 0.2) is 0 Å². The van der Waals surface area contributed by atoms with Crippen molar-refractivity contribution in [1.82, 2.24) is 0 Å². The number of aliphatic hydroxyl groups is 2. The molecule has 4 atom stereocenters. The van der Waals surface area contributed by atoms with Gasteiger partial charge < -0.3 is 10.2 Å². The molecule has 0 bridgehead atoms. The smallest absolute Gasteiger partial charge is 0.0639 e. The molecule has 2 saturated carbocycles. The second-order valence-electron chi connectivity index (χ2n) is 16.7. The highest BCUT2D eigenvalue weighted by Gasteiger charge is 2.41. The molecule has 0 amide bonds. The topological polar surface area (TPSA) is 40.5 Å². The third-order valence-corrected chi connectivity index (χ3v) is 11.6. The van der Waals surface area contributed by atoms with Crippen molar-refractivity contribution in [3.8, 4) is 0 Å². The molecule has 0 spiro atoms. The fraction of sp³-hybridized carbons (Fsp3) is 0.480. The number of rotatable bonds is 16. The first-order chi connectivity index (χ1) is 24.5. The molecule has 0 radical (unpaired) electrons. The SMILES string of the molecule is C=C1CCC(C/C=C(\C)CO)C(C)(C)C1/C=C/C(C)=C/C=C/C(C)=C/C=C/C=C(C)/C=C/C=C(C)/C=C/C1C(=C)CCC(C/C=C(\C)CO)C1(C)C. The monoisotopic (exact) mass is 705 g/mol. The second-order valence-corrected chi connectivity index (χ2v) is 16.7. The number of hydrogen-bond acceptors (Lipinski definition) is 2. The van der Waals surface area contributed by atoms with E-state index in [2.05, 4.69) is 166 Å². The molecule has 52 heavy (non-hydrogen) atoms. The minimum Gasteiger partial charge on any atom is -0.392 e. The van der Waals surface area contributed by atoms with Crippen LogP contribution in [0, 0.1) is 34.5 Å². The van der Waals surface area contributed by atoms with Crippen LogP contribution in [0.15, 0.2) is 155 Å². The van der Waals surface area contributed by atoms with E-state index in [-0.39, 0.29) is 24.0 Å². The Labute approximate surface area is 319 Å². The standard InChI is InChI=1S/C50H72O2/c1-37(19-15-21-39(3)25-33-47-43(7)27-31-45(49(47,9)10)29-23-41(5)35-51)17-13-14-18-38(2)20-16-22-40(4)26-34-48-44(8)28-32-46(50(48,11)12)30-24-42(6)36-52/h13-26,33-34,45-48,51-52H,7-8,27-32,35-36H2,1-6,9-12H3/b14-13+,19-15+,20-16+,33-25+,34-26+,37-17+,38-18+,39-21+,40-22+,41-23+,42-24+. The Morgan fingerprint density at radius 3 is 1.23 bits per heavy atom. The summed E-state index contributed by atoms with van der Waals surface area (Å²) in [4.78, 5) is 0. The van der Waals surface area contributed by atoms with Crippen LogP contribution in [0.3, 0.4) is 0 Å². The predicted octanol–water partition coefficient (Wildman–Crippen LogP) is 13.4. The first-order valence-electron chi connectivity index (χ1n) is 19.5. The summed E-state index contributed by atoms with van der Waals surface area (Å²) in [6, 6.07) is 0. The Bertz CT molecular complexity index is 1430. The molecule has 2 aliphatic rings. The molecule has 0 heterocycles. The number of allylic oxidation sites excluding steroid dienone is 22. The fourth-order valence-electron chi connectivity index (χ4n) is 7.60. The maximum Gasteiger partial charge on any atom is 0.0639 e. The number of hydrogen-bond donors (Lipinski definition) is 2. The molecular formula is C50H72O2. The van der Waals surface area contributed by atoms with Crippen molar-refractivity contribution in [3.63, 3.8) is 0 Å². The highest BCUT2D eigenvalue weighted by atomic mass is 16.3. The van der Waals surface area contributed by atoms with Crippen LogP contribution in [-0.4, -0.2) is 23.4 Å². The molecule has 2 N–H and O–H groups in total. The zero-order valence-electron chi connectivity index (χ0n) is 34.5. The molecule has 0 saturated heterocycles. The van der Waals surface area contributed by atoms with Gasteiger partial charge in [0, 0.05) is 11.8 Å². The van der Waals surface area contributed by atoms with Gasteiger partial charge in [-0.2, -0.15) is 0 Å². The van der Waals surface area contributed by atoms with Gasteiger partial charge in [-0.15, -0.1) is 0 Å². The molecule has 2 rings (SSSR count). The molecule has 0 aromatic rings. The van der Waals surface area contributed by atoms with Crippen LogP contribution in [0.5, 0.6) is 0 Å². The minimum absolute atomic E-state index is 0.127. The van der Waals surface area contributed by atoms with Crippen molar-refractivity contribution < 1.29 is 10.2 Å². The van der Waals surface area contributed by atoms with Crippen LogP contribution >= 0.6 is 0 Å². The summed E-state index contributed by atoms with van der Waals surface area (Å²) in [6.07, 6.45) is 41.4. The van der Waals surface area contributed by atoms with E-state index in [0.29, 0.717) is 23.7 Å². The van der Waals surface area contributed by atoms with E-state index in [1.165, 1.54) is 33.4 Å². The maximum absolute atomic E-state index is 9.41. The van der Waals surface area contributed by atoms with Crippen LogP contribution in [-0.2, 0) is 0 Å². The quantitative estimate of drug-likeness (QED) is 0.124. The first kappa shape index (κ1) is 44.7. The highest BCUT2D eigenvalue weighted by Crippen LogP contribution is 2.50. The van der Waals surface area contributed by atoms with E-state index >= 15 is 0 Å². The average molecular weight is 705 g/mol. The molecular weight excluding hydrogens is 633 g/mol. The first-order valence-corrected chi connectivity index (χ1v) is 19.5. The minimum atomic E-state index is 0.127. The molecule has 284 valence electrons. The third-order valence-electron chi connectivity index (χ3n) is 11.6. The van der Waals surface area contributed by atoms with Crippen molar-refractivity contribution in [2.75, 3.05) is 13.2 Å². The van der Waals surface area contributed by atoms with Gasteiger partial charge in [-0.1, -0.05) is 183 Å². The normalized spacial score (nSPS) is 26.0. The summed E-state index contributed by atoms with van der Waals surface area (Å²) in [5, 5.41) is 18.8. The van der Waals surface area contributed by atoms with Crippen molar-refractivity contribution >= 4 is 0 Å². The van der Waals surface area contributed by atoms with Gasteiger partial charge >= 0.3 is 0 Å². The van der Waals surface area contributed by atoms with Crippen molar-refractivity contribution in [1.29, 1.82) is 0 Å². The van der Waals surface area contributed by atoms with Crippen molar-refractivity contribution in [3.05, 3.63) is 155 Å². The van der Waals surface area contributed by atoms with Crippen molar-refractivity contribution in [2.24, 2.45) is 34.5 Å². The lowest BCUT2D eigenvalue weighted by molar-refractivity contribution is 0.127. The summed E-state index contributed by atoms with van der Waals surface area (Å²) in [5.74, 6) is 1.85. The Hall–Kier alpha value is -3.46. The van der Waals surface area contributed by atoms with Gasteiger partial charge in [-0.05, 0) is 103 Å². The molecule has 0 aromatic heterocycles. The lowest BCUT2D eigenvalue weighted by Crippen LogP contribution is -2.36. The molecule has 0 aromatic carbocycles. The Morgan fingerprint density at radius 2 is 0.885 bits per heavy atom. The zero-order chi connectivity index (χ0) is 38.9. The predicted molar refractivity (Wildman–Crippen MR) is 230 cm³/mol. The van der Waals surface area contributed by atoms with E-state index in [1.807, 2.05) is 13.8 Å². The van der Waals surface area contributed by atoms with Gasteiger partial charge in [0.25, 0.3) is 0 Å². The molecule has 2 nitrogen and oxygen atoms in total.